The quantitative estimate of drug-likeness (QED) is 0.240. The Morgan fingerprint density at radius 1 is 1.21 bits per heavy atom. The summed E-state index contributed by atoms with van der Waals surface area (Å²) in [7, 11) is 0. The van der Waals surface area contributed by atoms with Gasteiger partial charge in [0.15, 0.2) is 11.4 Å². The van der Waals surface area contributed by atoms with Crippen LogP contribution in [0, 0.1) is 11.6 Å². The van der Waals surface area contributed by atoms with Gasteiger partial charge in [0, 0.05) is 43.4 Å². The van der Waals surface area contributed by atoms with Crippen LogP contribution in [0.15, 0.2) is 71.7 Å². The molecule has 2 N–H and O–H groups in total. The third-order valence-electron chi connectivity index (χ3n) is 7.87. The second-order valence-electron chi connectivity index (χ2n) is 10.6. The Hall–Kier alpha value is -3.87. The van der Waals surface area contributed by atoms with Crippen LogP contribution in [-0.4, -0.2) is 44.4 Å². The summed E-state index contributed by atoms with van der Waals surface area (Å²) in [5.74, 6) is -3.04. The van der Waals surface area contributed by atoms with E-state index < -0.39 is 40.5 Å². The van der Waals surface area contributed by atoms with Crippen molar-refractivity contribution in [3.8, 4) is 5.75 Å². The minimum atomic E-state index is -0.913. The molecule has 2 amide bonds. The van der Waals surface area contributed by atoms with E-state index in [9.17, 15) is 23.2 Å². The van der Waals surface area contributed by atoms with Gasteiger partial charge in [0.2, 0.25) is 5.43 Å². The molecule has 1 unspecified atom stereocenters. The molecule has 0 saturated carbocycles. The number of nitrogens with one attached hydrogen (secondary N) is 2. The largest absolute Gasteiger partial charge is 0.483 e. The van der Waals surface area contributed by atoms with Crippen molar-refractivity contribution >= 4 is 27.7 Å². The summed E-state index contributed by atoms with van der Waals surface area (Å²) < 4.78 is 35.2. The average molecular weight is 641 g/mol. The first-order chi connectivity index (χ1) is 20.2. The Labute approximate surface area is 248 Å². The van der Waals surface area contributed by atoms with Crippen molar-refractivity contribution in [1.29, 1.82) is 0 Å². The van der Waals surface area contributed by atoms with Gasteiger partial charge in [0.1, 0.15) is 29.4 Å². The Kier molecular flexibility index (Phi) is 7.46. The van der Waals surface area contributed by atoms with E-state index in [4.69, 9.17) is 9.57 Å². The number of halogens is 3. The van der Waals surface area contributed by atoms with E-state index in [1.165, 1.54) is 12.3 Å². The molecule has 42 heavy (non-hydrogen) atoms. The predicted octanol–water partition coefficient (Wildman–Crippen LogP) is 3.98. The molecule has 2 bridgehead atoms. The first-order valence-electron chi connectivity index (χ1n) is 13.4. The van der Waals surface area contributed by atoms with E-state index in [1.807, 2.05) is 49.4 Å². The fraction of sp³-hybridized carbons (Fsp3) is 0.300. The summed E-state index contributed by atoms with van der Waals surface area (Å²) in [6.45, 7) is 1.83. The minimum absolute atomic E-state index is 0.0184. The fourth-order valence-electron chi connectivity index (χ4n) is 5.62. The number of alkyl halides is 1. The van der Waals surface area contributed by atoms with Crippen LogP contribution in [0.1, 0.15) is 51.4 Å². The maximum absolute atomic E-state index is 14.2. The number of amides is 2. The van der Waals surface area contributed by atoms with Gasteiger partial charge in [-0.1, -0.05) is 64.5 Å². The number of pyridine rings is 1. The zero-order valence-electron chi connectivity index (χ0n) is 22.5. The number of hydrogen-bond acceptors (Lipinski definition) is 6. The van der Waals surface area contributed by atoms with Crippen LogP contribution in [0.2, 0.25) is 0 Å². The van der Waals surface area contributed by atoms with Gasteiger partial charge >= 0.3 is 0 Å². The summed E-state index contributed by atoms with van der Waals surface area (Å²) in [4.78, 5) is 48.8. The molecule has 218 valence electrons. The number of nitrogens with zero attached hydrogens (tertiary/aromatic N) is 2. The van der Waals surface area contributed by atoms with Crippen molar-refractivity contribution in [3.05, 3.63) is 111 Å². The van der Waals surface area contributed by atoms with Crippen molar-refractivity contribution < 1.29 is 27.9 Å². The second-order valence-corrected chi connectivity index (χ2v) is 11.7. The summed E-state index contributed by atoms with van der Waals surface area (Å²) in [5.41, 5.74) is 1.79. The van der Waals surface area contributed by atoms with Crippen LogP contribution < -0.4 is 21.0 Å². The third-order valence-corrected chi connectivity index (χ3v) is 8.38. The number of ether oxygens (including phenoxy) is 1. The van der Waals surface area contributed by atoms with Crippen molar-refractivity contribution in [2.24, 2.45) is 0 Å². The smallest absolute Gasteiger partial charge is 0.275 e. The topological polar surface area (TPSA) is 102 Å². The predicted molar refractivity (Wildman–Crippen MR) is 152 cm³/mol. The summed E-state index contributed by atoms with van der Waals surface area (Å²) in [6.07, 6.45) is 5.66. The third kappa shape index (κ3) is 5.03. The molecule has 2 aromatic carbocycles. The van der Waals surface area contributed by atoms with E-state index in [1.54, 1.807) is 9.47 Å². The Balaban J connectivity index is 1.45. The van der Waals surface area contributed by atoms with Crippen LogP contribution in [0.3, 0.4) is 0 Å². The number of aromatic nitrogens is 1. The van der Waals surface area contributed by atoms with Crippen LogP contribution in [0.4, 0.5) is 8.78 Å². The summed E-state index contributed by atoms with van der Waals surface area (Å²) in [5, 5.41) is 2.55. The lowest BCUT2D eigenvalue weighted by molar-refractivity contribution is -0.0603. The molecule has 3 aliphatic heterocycles. The molecule has 3 aromatic rings. The lowest BCUT2D eigenvalue weighted by Crippen LogP contribution is -2.53. The Bertz CT molecular complexity index is 1650. The van der Waals surface area contributed by atoms with Gasteiger partial charge in [-0.05, 0) is 18.6 Å². The van der Waals surface area contributed by atoms with E-state index >= 15 is 0 Å². The summed E-state index contributed by atoms with van der Waals surface area (Å²) >= 11 is 3.55. The maximum atomic E-state index is 14.2. The number of hydroxylamine groups is 1. The van der Waals surface area contributed by atoms with Gasteiger partial charge in [0.25, 0.3) is 11.8 Å². The molecule has 4 atom stereocenters. The van der Waals surface area contributed by atoms with Gasteiger partial charge in [-0.2, -0.15) is 5.48 Å². The van der Waals surface area contributed by atoms with E-state index in [-0.39, 0.29) is 53.3 Å². The van der Waals surface area contributed by atoms with Crippen LogP contribution in [0.5, 0.6) is 5.75 Å². The molecule has 0 radical (unpaired) electrons. The number of rotatable bonds is 6. The minimum Gasteiger partial charge on any atom is -0.483 e. The van der Waals surface area contributed by atoms with Gasteiger partial charge in [-0.25, -0.2) is 8.78 Å². The first-order valence-corrected chi connectivity index (χ1v) is 14.3. The second kappa shape index (κ2) is 11.1. The molecule has 1 spiro atoms. The number of fused-ring (bicyclic) bond motifs is 5. The average Bonchev–Trinajstić information content (AvgIpc) is 3.31. The van der Waals surface area contributed by atoms with Gasteiger partial charge in [0.05, 0.1) is 11.0 Å². The highest BCUT2D eigenvalue weighted by atomic mass is 79.9. The zero-order valence-corrected chi connectivity index (χ0v) is 24.1. The van der Waals surface area contributed by atoms with E-state index in [0.717, 1.165) is 17.7 Å². The van der Waals surface area contributed by atoms with Gasteiger partial charge in [-0.15, -0.1) is 0 Å². The Morgan fingerprint density at radius 3 is 2.71 bits per heavy atom. The number of benzene rings is 2. The zero-order chi connectivity index (χ0) is 29.6. The number of carbonyl (C=O) groups excluding carboxylic acids is 2. The lowest BCUT2D eigenvalue weighted by atomic mass is 9.89. The molecular weight excluding hydrogens is 614 g/mol. The molecule has 12 heteroatoms. The van der Waals surface area contributed by atoms with Crippen LogP contribution in [-0.2, 0) is 18.0 Å². The molecule has 9 nitrogen and oxygen atoms in total. The van der Waals surface area contributed by atoms with Crippen LogP contribution in [0.25, 0.3) is 0 Å². The number of hydrogen-bond donors (Lipinski definition) is 2. The van der Waals surface area contributed by atoms with Gasteiger partial charge in [-0.3, -0.25) is 19.2 Å². The lowest BCUT2D eigenvalue weighted by Gasteiger charge is -2.42. The van der Waals surface area contributed by atoms with E-state index in [2.05, 4.69) is 26.7 Å². The summed E-state index contributed by atoms with van der Waals surface area (Å²) in [6, 6.07) is 11.3. The van der Waals surface area contributed by atoms with Crippen LogP contribution >= 0.6 is 15.9 Å². The standard InChI is InChI=1S/C30H27BrF2N4O5/c1-17-9-10-30(12-24(31)35-42-30)23-15-36(17)29(40)25-27(41-16-18-5-3-2-4-6-18)26(38)21(14-37(23)25)28(39)34-13-19-7-8-20(32)11-22(19)33/h2-11,14,17,23-24,35H,12-13,15-16H2,1H3,(H,34,39)/t17-,23+,24?,30+/m0/s1. The highest BCUT2D eigenvalue weighted by Gasteiger charge is 2.52. The number of carbonyl (C=O) groups is 2. The van der Waals surface area contributed by atoms with E-state index in [0.29, 0.717) is 6.42 Å². The highest BCUT2D eigenvalue weighted by molar-refractivity contribution is 9.09. The first kappa shape index (κ1) is 28.3. The van der Waals surface area contributed by atoms with Crippen molar-refractivity contribution in [2.75, 3.05) is 6.54 Å². The SMILES string of the molecule is C[C@H]1C=C[C@@]2(CC(Br)NO2)[C@H]2CN1C(=O)c1c(OCc3ccccc3)c(=O)c(C(=O)NCc3ccc(F)cc3F)cn12. The highest BCUT2D eigenvalue weighted by Crippen LogP contribution is 2.44. The molecule has 6 rings (SSSR count). The fourth-order valence-corrected chi connectivity index (χ4v) is 6.22. The Morgan fingerprint density at radius 2 is 2.00 bits per heavy atom. The van der Waals surface area contributed by atoms with Crippen molar-refractivity contribution in [2.45, 2.75) is 49.1 Å². The molecule has 4 heterocycles. The van der Waals surface area contributed by atoms with Gasteiger partial charge < -0.3 is 19.5 Å². The molecule has 0 aliphatic carbocycles. The molecular formula is C30H27BrF2N4O5. The van der Waals surface area contributed by atoms with Crippen molar-refractivity contribution in [3.63, 3.8) is 0 Å². The molecule has 1 saturated heterocycles. The van der Waals surface area contributed by atoms with Crippen molar-refractivity contribution in [1.82, 2.24) is 20.3 Å². The normalized spacial score (nSPS) is 24.4. The monoisotopic (exact) mass is 640 g/mol. The molecule has 1 fully saturated rings. The maximum Gasteiger partial charge on any atom is 0.275 e. The molecule has 3 aliphatic rings. The molecule has 1 aromatic heterocycles.